The molecule has 0 aliphatic heterocycles. The molecule has 5 heteroatoms. The minimum atomic E-state index is 0.250. The van der Waals surface area contributed by atoms with Gasteiger partial charge in [-0.15, -0.1) is 0 Å². The third kappa shape index (κ3) is 21.2. The average molecular weight is 791 g/mol. The van der Waals surface area contributed by atoms with E-state index in [1.165, 1.54) is 134 Å². The van der Waals surface area contributed by atoms with E-state index in [0.717, 1.165) is 12.8 Å². The minimum absolute atomic E-state index is 0.250. The van der Waals surface area contributed by atoms with Crippen molar-refractivity contribution in [2.45, 2.75) is 129 Å². The predicted molar refractivity (Wildman–Crippen MR) is 192 cm³/mol. The number of alkyl halides is 2. The van der Waals surface area contributed by atoms with Gasteiger partial charge in [-0.3, -0.25) is 0 Å². The van der Waals surface area contributed by atoms with E-state index in [2.05, 4.69) is 93.7 Å². The normalized spacial score (nSPS) is 11.4. The van der Waals surface area contributed by atoms with E-state index in [-0.39, 0.29) is 13.6 Å². The second kappa shape index (κ2) is 27.3. The monoisotopic (exact) mass is 790 g/mol. The summed E-state index contributed by atoms with van der Waals surface area (Å²) in [6.07, 6.45) is 24.3. The van der Waals surface area contributed by atoms with Crippen molar-refractivity contribution < 1.29 is 14.2 Å². The molecule has 0 amide bonds. The van der Waals surface area contributed by atoms with Gasteiger partial charge in [-0.05, 0) is 69.6 Å². The molecule has 3 nitrogen and oxygen atoms in total. The zero-order chi connectivity index (χ0) is 29.1. The van der Waals surface area contributed by atoms with Gasteiger partial charge in [0, 0.05) is 0 Å². The fourth-order valence-electron chi connectivity index (χ4n) is 5.19. The van der Waals surface area contributed by atoms with E-state index in [1.54, 1.807) is 0 Å². The van der Waals surface area contributed by atoms with Gasteiger partial charge in [-0.1, -0.05) is 171 Å². The highest BCUT2D eigenvalue weighted by molar-refractivity contribution is 14.1. The van der Waals surface area contributed by atoms with Crippen molar-refractivity contribution >= 4 is 45.2 Å². The smallest absolute Gasteiger partial charge is 0.150 e. The molecule has 0 bridgehead atoms. The van der Waals surface area contributed by atoms with Crippen LogP contribution in [-0.2, 0) is 40.3 Å². The van der Waals surface area contributed by atoms with Crippen molar-refractivity contribution in [3.63, 3.8) is 0 Å². The molecular formula is C36H56I2O3. The summed E-state index contributed by atoms with van der Waals surface area (Å²) < 4.78 is 19.6. The highest BCUT2D eigenvalue weighted by atomic mass is 127. The van der Waals surface area contributed by atoms with E-state index in [4.69, 9.17) is 14.2 Å². The van der Waals surface area contributed by atoms with E-state index >= 15 is 0 Å². The summed E-state index contributed by atoms with van der Waals surface area (Å²) in [5, 5.41) is 0. The van der Waals surface area contributed by atoms with Gasteiger partial charge in [0.15, 0.2) is 0 Å². The molecule has 232 valence electrons. The molecule has 0 saturated heterocycles. The van der Waals surface area contributed by atoms with Crippen LogP contribution in [0.3, 0.4) is 0 Å². The summed E-state index contributed by atoms with van der Waals surface area (Å²) in [4.78, 5) is 0. The quantitative estimate of drug-likeness (QED) is 0.0372. The van der Waals surface area contributed by atoms with Crippen LogP contribution in [0.1, 0.15) is 125 Å². The standard InChI is InChI=1S/C36H56I2O3/c37-25-15-11-7-3-1-5-9-13-19-33-21-17-23-35(27-33)29-39-31-41-32-40-30-36-24-18-22-34(28-36)20-14-10-6-2-4-8-12-16-26-38/h17-18,21-24,27-28H,1-16,19-20,25-26,29-32H2. The first-order chi connectivity index (χ1) is 20.3. The van der Waals surface area contributed by atoms with Gasteiger partial charge in [0.2, 0.25) is 0 Å². The van der Waals surface area contributed by atoms with Gasteiger partial charge in [0.25, 0.3) is 0 Å². The first-order valence-corrected chi connectivity index (χ1v) is 19.4. The Balaban J connectivity index is 1.46. The SMILES string of the molecule is ICCCCCCCCCCc1cccc(COCOCOCc2cccc(CCCCCCCCCCI)c2)c1. The fourth-order valence-corrected chi connectivity index (χ4v) is 6.27. The van der Waals surface area contributed by atoms with Crippen molar-refractivity contribution in [1.82, 2.24) is 0 Å². The first kappa shape index (κ1) is 37.0. The Morgan fingerprint density at radius 3 is 1.12 bits per heavy atom. The van der Waals surface area contributed by atoms with Crippen LogP contribution in [0.15, 0.2) is 48.5 Å². The third-order valence-corrected chi connectivity index (χ3v) is 9.08. The first-order valence-electron chi connectivity index (χ1n) is 16.3. The van der Waals surface area contributed by atoms with Crippen molar-refractivity contribution in [3.8, 4) is 0 Å². The third-order valence-electron chi connectivity index (χ3n) is 7.55. The maximum atomic E-state index is 5.74. The Morgan fingerprint density at radius 1 is 0.390 bits per heavy atom. The number of rotatable bonds is 28. The molecule has 0 fully saturated rings. The predicted octanol–water partition coefficient (Wildman–Crippen LogP) is 11.5. The average Bonchev–Trinajstić information content (AvgIpc) is 2.99. The molecular weight excluding hydrogens is 734 g/mol. The molecule has 2 rings (SSSR count). The summed E-state index contributed by atoms with van der Waals surface area (Å²) in [7, 11) is 0. The Hall–Kier alpha value is -0.220. The van der Waals surface area contributed by atoms with Crippen LogP contribution < -0.4 is 0 Å². The summed E-state index contributed by atoms with van der Waals surface area (Å²) in [5.41, 5.74) is 5.26. The minimum Gasteiger partial charge on any atom is -0.351 e. The molecule has 0 radical (unpaired) electrons. The number of hydrogen-bond acceptors (Lipinski definition) is 3. The van der Waals surface area contributed by atoms with Crippen LogP contribution in [0.4, 0.5) is 0 Å². The molecule has 0 saturated carbocycles. The van der Waals surface area contributed by atoms with Gasteiger partial charge in [0.1, 0.15) is 13.6 Å². The zero-order valence-electron chi connectivity index (χ0n) is 25.6. The highest BCUT2D eigenvalue weighted by Gasteiger charge is 2.01. The van der Waals surface area contributed by atoms with Gasteiger partial charge >= 0.3 is 0 Å². The van der Waals surface area contributed by atoms with E-state index in [0.29, 0.717) is 13.2 Å². The molecule has 41 heavy (non-hydrogen) atoms. The van der Waals surface area contributed by atoms with Crippen LogP contribution >= 0.6 is 45.2 Å². The van der Waals surface area contributed by atoms with Gasteiger partial charge in [-0.25, -0.2) is 0 Å². The van der Waals surface area contributed by atoms with E-state index in [1.807, 2.05) is 0 Å². The fraction of sp³-hybridized carbons (Fsp3) is 0.667. The number of halogens is 2. The van der Waals surface area contributed by atoms with Crippen molar-refractivity contribution in [3.05, 3.63) is 70.8 Å². The Labute approximate surface area is 279 Å². The molecule has 0 N–H and O–H groups in total. The van der Waals surface area contributed by atoms with E-state index < -0.39 is 0 Å². The van der Waals surface area contributed by atoms with Gasteiger partial charge in [0.05, 0.1) is 13.2 Å². The Bertz CT molecular complexity index is 791. The zero-order valence-corrected chi connectivity index (χ0v) is 29.9. The van der Waals surface area contributed by atoms with Gasteiger partial charge < -0.3 is 14.2 Å². The lowest BCUT2D eigenvalue weighted by molar-refractivity contribution is -0.139. The maximum Gasteiger partial charge on any atom is 0.150 e. The summed E-state index contributed by atoms with van der Waals surface area (Å²) >= 11 is 4.96. The number of ether oxygens (including phenoxy) is 3. The van der Waals surface area contributed by atoms with Crippen LogP contribution in [0.25, 0.3) is 0 Å². The molecule has 0 atom stereocenters. The van der Waals surface area contributed by atoms with Crippen LogP contribution in [-0.4, -0.2) is 22.4 Å². The lowest BCUT2D eigenvalue weighted by Gasteiger charge is -2.09. The second-order valence-electron chi connectivity index (χ2n) is 11.3. The van der Waals surface area contributed by atoms with Crippen molar-refractivity contribution in [1.29, 1.82) is 0 Å². The Kier molecular flexibility index (Phi) is 24.6. The van der Waals surface area contributed by atoms with Crippen LogP contribution in [0.2, 0.25) is 0 Å². The topological polar surface area (TPSA) is 27.7 Å². The molecule has 0 heterocycles. The molecule has 0 unspecified atom stereocenters. The number of unbranched alkanes of at least 4 members (excludes halogenated alkanes) is 14. The van der Waals surface area contributed by atoms with Crippen LogP contribution in [0, 0.1) is 0 Å². The summed E-state index contributed by atoms with van der Waals surface area (Å²) in [5.74, 6) is 0. The number of aryl methyl sites for hydroxylation is 2. The lowest BCUT2D eigenvalue weighted by Crippen LogP contribution is -2.05. The Morgan fingerprint density at radius 2 is 0.732 bits per heavy atom. The molecule has 2 aromatic rings. The molecule has 0 spiro atoms. The molecule has 0 aliphatic carbocycles. The number of hydrogen-bond donors (Lipinski definition) is 0. The molecule has 0 aliphatic rings. The molecule has 2 aromatic carbocycles. The maximum absolute atomic E-state index is 5.74. The highest BCUT2D eigenvalue weighted by Crippen LogP contribution is 2.15. The van der Waals surface area contributed by atoms with Gasteiger partial charge in [-0.2, -0.15) is 0 Å². The molecule has 0 aromatic heterocycles. The van der Waals surface area contributed by atoms with Crippen LogP contribution in [0.5, 0.6) is 0 Å². The lowest BCUT2D eigenvalue weighted by atomic mass is 10.0. The summed E-state index contributed by atoms with van der Waals surface area (Å²) in [6.45, 7) is 1.65. The van der Waals surface area contributed by atoms with Crippen molar-refractivity contribution in [2.24, 2.45) is 0 Å². The van der Waals surface area contributed by atoms with E-state index in [9.17, 15) is 0 Å². The number of benzene rings is 2. The van der Waals surface area contributed by atoms with Crippen molar-refractivity contribution in [2.75, 3.05) is 22.4 Å². The largest absolute Gasteiger partial charge is 0.351 e. The second-order valence-corrected chi connectivity index (χ2v) is 13.5. The summed E-state index contributed by atoms with van der Waals surface area (Å²) in [6, 6.07) is 17.6.